The van der Waals surface area contributed by atoms with Crippen molar-refractivity contribution in [1.29, 1.82) is 0 Å². The standard InChI is InChI=1S/C15H14ClNO3/c1-19-12-7-4-8-13(20-2)14(12)15(18)17-11-6-3-5-10(16)9-11/h3-9H,1-2H3,(H,17,18). The summed E-state index contributed by atoms with van der Waals surface area (Å²) in [6.45, 7) is 0. The Balaban J connectivity index is 2.33. The third-order valence-corrected chi connectivity index (χ3v) is 2.97. The number of halogens is 1. The molecule has 5 heteroatoms. The third kappa shape index (κ3) is 3.03. The van der Waals surface area contributed by atoms with Crippen LogP contribution in [0, 0.1) is 0 Å². The van der Waals surface area contributed by atoms with Crippen molar-refractivity contribution in [2.24, 2.45) is 0 Å². The van der Waals surface area contributed by atoms with Crippen LogP contribution in [0.5, 0.6) is 11.5 Å². The molecule has 0 spiro atoms. The summed E-state index contributed by atoms with van der Waals surface area (Å²) in [5, 5.41) is 3.32. The third-order valence-electron chi connectivity index (χ3n) is 2.74. The van der Waals surface area contributed by atoms with Crippen LogP contribution in [0.25, 0.3) is 0 Å². The Morgan fingerprint density at radius 2 is 1.65 bits per heavy atom. The van der Waals surface area contributed by atoms with E-state index < -0.39 is 0 Å². The lowest BCUT2D eigenvalue weighted by atomic mass is 10.1. The number of rotatable bonds is 4. The second-order valence-electron chi connectivity index (χ2n) is 4.00. The number of hydrogen-bond acceptors (Lipinski definition) is 3. The van der Waals surface area contributed by atoms with Crippen molar-refractivity contribution in [3.8, 4) is 11.5 Å². The molecule has 2 aromatic carbocycles. The summed E-state index contributed by atoms with van der Waals surface area (Å²) >= 11 is 5.89. The van der Waals surface area contributed by atoms with Crippen molar-refractivity contribution < 1.29 is 14.3 Å². The van der Waals surface area contributed by atoms with Crippen molar-refractivity contribution in [2.45, 2.75) is 0 Å². The predicted molar refractivity (Wildman–Crippen MR) is 79.0 cm³/mol. The maximum Gasteiger partial charge on any atom is 0.263 e. The van der Waals surface area contributed by atoms with E-state index in [9.17, 15) is 4.79 Å². The Labute approximate surface area is 122 Å². The lowest BCUT2D eigenvalue weighted by Gasteiger charge is -2.13. The van der Waals surface area contributed by atoms with Crippen LogP contribution in [0.15, 0.2) is 42.5 Å². The Morgan fingerprint density at radius 3 is 2.20 bits per heavy atom. The minimum Gasteiger partial charge on any atom is -0.496 e. The van der Waals surface area contributed by atoms with Gasteiger partial charge in [-0.25, -0.2) is 0 Å². The number of benzene rings is 2. The van der Waals surface area contributed by atoms with Gasteiger partial charge in [0.1, 0.15) is 17.1 Å². The Morgan fingerprint density at radius 1 is 1.05 bits per heavy atom. The zero-order chi connectivity index (χ0) is 14.5. The van der Waals surface area contributed by atoms with Gasteiger partial charge in [0.25, 0.3) is 5.91 Å². The first-order chi connectivity index (χ1) is 9.65. The maximum atomic E-state index is 12.4. The molecule has 0 aliphatic rings. The summed E-state index contributed by atoms with van der Waals surface area (Å²) in [6, 6.07) is 12.1. The molecule has 0 atom stereocenters. The van der Waals surface area contributed by atoms with Crippen LogP contribution in [-0.2, 0) is 0 Å². The normalized spacial score (nSPS) is 9.95. The fraction of sp³-hybridized carbons (Fsp3) is 0.133. The number of carbonyl (C=O) groups is 1. The van der Waals surface area contributed by atoms with Gasteiger partial charge in [-0.3, -0.25) is 4.79 Å². The van der Waals surface area contributed by atoms with E-state index in [-0.39, 0.29) is 5.91 Å². The van der Waals surface area contributed by atoms with E-state index in [1.807, 2.05) is 0 Å². The molecule has 0 aliphatic carbocycles. The zero-order valence-electron chi connectivity index (χ0n) is 11.1. The van der Waals surface area contributed by atoms with Gasteiger partial charge >= 0.3 is 0 Å². The minimum atomic E-state index is -0.318. The molecule has 0 aromatic heterocycles. The van der Waals surface area contributed by atoms with Crippen LogP contribution >= 0.6 is 11.6 Å². The second-order valence-corrected chi connectivity index (χ2v) is 4.44. The molecule has 20 heavy (non-hydrogen) atoms. The second kappa shape index (κ2) is 6.30. The van der Waals surface area contributed by atoms with Crippen LogP contribution in [0.4, 0.5) is 5.69 Å². The molecular formula is C15H14ClNO3. The van der Waals surface area contributed by atoms with Gasteiger partial charge in [-0.15, -0.1) is 0 Å². The molecule has 0 aliphatic heterocycles. The summed E-state index contributed by atoms with van der Waals surface area (Å²) in [5.74, 6) is 0.578. The monoisotopic (exact) mass is 291 g/mol. The molecule has 104 valence electrons. The number of ether oxygens (including phenoxy) is 2. The quantitative estimate of drug-likeness (QED) is 0.936. The largest absolute Gasteiger partial charge is 0.496 e. The summed E-state index contributed by atoms with van der Waals surface area (Å²) in [5.41, 5.74) is 0.952. The van der Waals surface area contributed by atoms with E-state index in [2.05, 4.69) is 5.32 Å². The highest BCUT2D eigenvalue weighted by molar-refractivity contribution is 6.31. The number of nitrogens with one attached hydrogen (secondary N) is 1. The number of carbonyl (C=O) groups excluding carboxylic acids is 1. The van der Waals surface area contributed by atoms with E-state index >= 15 is 0 Å². The molecule has 0 bridgehead atoms. The van der Waals surface area contributed by atoms with Crippen LogP contribution in [0.3, 0.4) is 0 Å². The Kier molecular flexibility index (Phi) is 4.48. The SMILES string of the molecule is COc1cccc(OC)c1C(=O)Nc1cccc(Cl)c1. The van der Waals surface area contributed by atoms with Crippen LogP contribution in [0.1, 0.15) is 10.4 Å². The molecule has 0 radical (unpaired) electrons. The van der Waals surface area contributed by atoms with Gasteiger partial charge in [0.05, 0.1) is 14.2 Å². The average Bonchev–Trinajstić information content (AvgIpc) is 2.46. The summed E-state index contributed by atoms with van der Waals surface area (Å²) in [7, 11) is 3.01. The van der Waals surface area contributed by atoms with Crippen molar-refractivity contribution >= 4 is 23.2 Å². The molecule has 0 heterocycles. The highest BCUT2D eigenvalue weighted by atomic mass is 35.5. The zero-order valence-corrected chi connectivity index (χ0v) is 11.9. The first kappa shape index (κ1) is 14.2. The number of hydrogen-bond donors (Lipinski definition) is 1. The fourth-order valence-corrected chi connectivity index (χ4v) is 2.03. The highest BCUT2D eigenvalue weighted by Gasteiger charge is 2.18. The minimum absolute atomic E-state index is 0.318. The highest BCUT2D eigenvalue weighted by Crippen LogP contribution is 2.29. The fourth-order valence-electron chi connectivity index (χ4n) is 1.83. The molecular weight excluding hydrogens is 278 g/mol. The first-order valence-corrected chi connectivity index (χ1v) is 6.31. The number of anilines is 1. The van der Waals surface area contributed by atoms with Gasteiger partial charge in [-0.05, 0) is 30.3 Å². The van der Waals surface area contributed by atoms with Crippen LogP contribution in [0.2, 0.25) is 5.02 Å². The summed E-state index contributed by atoms with van der Waals surface area (Å²) in [6.07, 6.45) is 0. The van der Waals surface area contributed by atoms with Gasteiger partial charge < -0.3 is 14.8 Å². The average molecular weight is 292 g/mol. The molecule has 0 saturated heterocycles. The van der Waals surface area contributed by atoms with E-state index in [4.69, 9.17) is 21.1 Å². The van der Waals surface area contributed by atoms with E-state index in [0.717, 1.165) is 0 Å². The Bertz CT molecular complexity index is 606. The molecule has 1 N–H and O–H groups in total. The smallest absolute Gasteiger partial charge is 0.263 e. The predicted octanol–water partition coefficient (Wildman–Crippen LogP) is 3.61. The van der Waals surface area contributed by atoms with Gasteiger partial charge in [-0.2, -0.15) is 0 Å². The maximum absolute atomic E-state index is 12.4. The molecule has 0 fully saturated rings. The van der Waals surface area contributed by atoms with Crippen molar-refractivity contribution in [3.05, 3.63) is 53.1 Å². The molecule has 0 saturated carbocycles. The first-order valence-electron chi connectivity index (χ1n) is 5.93. The van der Waals surface area contributed by atoms with Gasteiger partial charge in [0.15, 0.2) is 0 Å². The molecule has 2 rings (SSSR count). The summed E-state index contributed by atoms with van der Waals surface area (Å²) < 4.78 is 10.4. The van der Waals surface area contributed by atoms with Crippen molar-refractivity contribution in [1.82, 2.24) is 0 Å². The Hall–Kier alpha value is -2.20. The van der Waals surface area contributed by atoms with E-state index in [0.29, 0.717) is 27.8 Å². The van der Waals surface area contributed by atoms with Crippen molar-refractivity contribution in [2.75, 3.05) is 19.5 Å². The van der Waals surface area contributed by atoms with Gasteiger partial charge in [0.2, 0.25) is 0 Å². The topological polar surface area (TPSA) is 47.6 Å². The summed E-state index contributed by atoms with van der Waals surface area (Å²) in [4.78, 5) is 12.4. The van der Waals surface area contributed by atoms with Gasteiger partial charge in [-0.1, -0.05) is 23.7 Å². The van der Waals surface area contributed by atoms with Crippen LogP contribution < -0.4 is 14.8 Å². The lowest BCUT2D eigenvalue weighted by Crippen LogP contribution is -2.14. The molecule has 2 aromatic rings. The number of methoxy groups -OCH3 is 2. The lowest BCUT2D eigenvalue weighted by molar-refractivity contribution is 0.102. The molecule has 1 amide bonds. The van der Waals surface area contributed by atoms with E-state index in [1.54, 1.807) is 42.5 Å². The van der Waals surface area contributed by atoms with E-state index in [1.165, 1.54) is 14.2 Å². The van der Waals surface area contributed by atoms with Crippen LogP contribution in [-0.4, -0.2) is 20.1 Å². The van der Waals surface area contributed by atoms with Gasteiger partial charge in [0, 0.05) is 10.7 Å². The molecule has 0 unspecified atom stereocenters. The molecule has 4 nitrogen and oxygen atoms in total. The van der Waals surface area contributed by atoms with Crippen molar-refractivity contribution in [3.63, 3.8) is 0 Å². The number of amides is 1.